The van der Waals surface area contributed by atoms with E-state index in [0.717, 1.165) is 30.9 Å². The van der Waals surface area contributed by atoms with Crippen LogP contribution in [0.2, 0.25) is 0 Å². The number of piperazine rings is 1. The van der Waals surface area contributed by atoms with Gasteiger partial charge in [0, 0.05) is 38.9 Å². The van der Waals surface area contributed by atoms with Gasteiger partial charge in [0.1, 0.15) is 5.82 Å². The zero-order valence-corrected chi connectivity index (χ0v) is 13.7. The second-order valence-corrected chi connectivity index (χ2v) is 6.12. The molecular formula is C18H20F3N3O. The van der Waals surface area contributed by atoms with Crippen LogP contribution in [0.1, 0.15) is 17.2 Å². The van der Waals surface area contributed by atoms with E-state index in [4.69, 9.17) is 0 Å². The number of β-amino-alcohol motifs (C(OH)–C–C–N with tert-alkyl or cyclic N) is 1. The third-order valence-corrected chi connectivity index (χ3v) is 4.39. The van der Waals surface area contributed by atoms with Crippen molar-refractivity contribution >= 4 is 5.82 Å². The Hall–Kier alpha value is -2.12. The first kappa shape index (κ1) is 17.7. The molecule has 3 rings (SSSR count). The van der Waals surface area contributed by atoms with E-state index in [9.17, 15) is 18.3 Å². The third-order valence-electron chi connectivity index (χ3n) is 4.39. The van der Waals surface area contributed by atoms with Gasteiger partial charge >= 0.3 is 6.18 Å². The number of aliphatic hydroxyl groups is 1. The van der Waals surface area contributed by atoms with Crippen molar-refractivity contribution in [2.45, 2.75) is 12.3 Å². The van der Waals surface area contributed by atoms with Gasteiger partial charge in [-0.1, -0.05) is 30.3 Å². The Morgan fingerprint density at radius 1 is 1.00 bits per heavy atom. The SMILES string of the molecule is O[C@H](CN1CCN(c2ccc(C(F)(F)F)cn2)CC1)c1ccccc1. The van der Waals surface area contributed by atoms with Crippen LogP contribution in [0.15, 0.2) is 48.7 Å². The summed E-state index contributed by atoms with van der Waals surface area (Å²) in [6, 6.07) is 12.0. The molecule has 1 saturated heterocycles. The smallest absolute Gasteiger partial charge is 0.387 e. The molecule has 7 heteroatoms. The van der Waals surface area contributed by atoms with Crippen molar-refractivity contribution in [1.29, 1.82) is 0 Å². The Bertz CT molecular complexity index is 668. The topological polar surface area (TPSA) is 39.6 Å². The summed E-state index contributed by atoms with van der Waals surface area (Å²) < 4.78 is 37.8. The van der Waals surface area contributed by atoms with E-state index in [1.165, 1.54) is 6.07 Å². The molecule has 0 unspecified atom stereocenters. The van der Waals surface area contributed by atoms with Crippen molar-refractivity contribution in [2.75, 3.05) is 37.6 Å². The van der Waals surface area contributed by atoms with Crippen LogP contribution in [0.4, 0.5) is 19.0 Å². The van der Waals surface area contributed by atoms with Crippen LogP contribution in [0.3, 0.4) is 0 Å². The summed E-state index contributed by atoms with van der Waals surface area (Å²) in [4.78, 5) is 8.06. The fraction of sp³-hybridized carbons (Fsp3) is 0.389. The minimum atomic E-state index is -4.36. The number of nitrogens with zero attached hydrogens (tertiary/aromatic N) is 3. The highest BCUT2D eigenvalue weighted by molar-refractivity contribution is 5.40. The number of rotatable bonds is 4. The Morgan fingerprint density at radius 3 is 2.24 bits per heavy atom. The number of halogens is 3. The van der Waals surface area contributed by atoms with E-state index in [1.54, 1.807) is 0 Å². The molecule has 25 heavy (non-hydrogen) atoms. The molecule has 4 nitrogen and oxygen atoms in total. The van der Waals surface area contributed by atoms with Crippen molar-refractivity contribution in [3.05, 3.63) is 59.8 Å². The van der Waals surface area contributed by atoms with Crippen molar-refractivity contribution in [2.24, 2.45) is 0 Å². The predicted molar refractivity (Wildman–Crippen MR) is 89.3 cm³/mol. The average Bonchev–Trinajstić information content (AvgIpc) is 2.62. The van der Waals surface area contributed by atoms with E-state index < -0.39 is 17.8 Å². The summed E-state index contributed by atoms with van der Waals surface area (Å²) in [7, 11) is 0. The number of anilines is 1. The van der Waals surface area contributed by atoms with Crippen molar-refractivity contribution in [3.8, 4) is 0 Å². The number of hydrogen-bond donors (Lipinski definition) is 1. The zero-order valence-electron chi connectivity index (χ0n) is 13.7. The predicted octanol–water partition coefficient (Wildman–Crippen LogP) is 2.96. The van der Waals surface area contributed by atoms with Crippen LogP contribution < -0.4 is 4.90 Å². The first-order chi connectivity index (χ1) is 11.9. The molecule has 1 aliphatic heterocycles. The molecule has 1 aromatic carbocycles. The largest absolute Gasteiger partial charge is 0.417 e. The second-order valence-electron chi connectivity index (χ2n) is 6.12. The highest BCUT2D eigenvalue weighted by Gasteiger charge is 2.31. The number of aliphatic hydroxyl groups excluding tert-OH is 1. The number of aromatic nitrogens is 1. The molecule has 1 aliphatic rings. The molecule has 1 N–H and O–H groups in total. The van der Waals surface area contributed by atoms with Gasteiger partial charge in [-0.2, -0.15) is 13.2 Å². The minimum Gasteiger partial charge on any atom is -0.387 e. The van der Waals surface area contributed by atoms with E-state index in [0.29, 0.717) is 25.5 Å². The first-order valence-corrected chi connectivity index (χ1v) is 8.17. The fourth-order valence-corrected chi connectivity index (χ4v) is 2.93. The van der Waals surface area contributed by atoms with Gasteiger partial charge in [-0.3, -0.25) is 4.90 Å². The van der Waals surface area contributed by atoms with Crippen molar-refractivity contribution < 1.29 is 18.3 Å². The highest BCUT2D eigenvalue weighted by atomic mass is 19.4. The van der Waals surface area contributed by atoms with Crippen molar-refractivity contribution in [3.63, 3.8) is 0 Å². The lowest BCUT2D eigenvalue weighted by Gasteiger charge is -2.36. The van der Waals surface area contributed by atoms with Crippen molar-refractivity contribution in [1.82, 2.24) is 9.88 Å². The normalized spacial score (nSPS) is 17.5. The highest BCUT2D eigenvalue weighted by Crippen LogP contribution is 2.29. The summed E-state index contributed by atoms with van der Waals surface area (Å²) >= 11 is 0. The van der Waals surface area contributed by atoms with Crippen LogP contribution in [-0.4, -0.2) is 47.7 Å². The maximum atomic E-state index is 12.6. The van der Waals surface area contributed by atoms with Gasteiger partial charge in [0.2, 0.25) is 0 Å². The lowest BCUT2D eigenvalue weighted by Crippen LogP contribution is -2.47. The molecule has 1 atom stereocenters. The van der Waals surface area contributed by atoms with Crippen LogP contribution >= 0.6 is 0 Å². The summed E-state index contributed by atoms with van der Waals surface area (Å²) in [6.45, 7) is 3.33. The average molecular weight is 351 g/mol. The van der Waals surface area contributed by atoms with E-state index in [2.05, 4.69) is 9.88 Å². The van der Waals surface area contributed by atoms with E-state index >= 15 is 0 Å². The fourth-order valence-electron chi connectivity index (χ4n) is 2.93. The number of pyridine rings is 1. The molecule has 2 aromatic rings. The van der Waals surface area contributed by atoms with Crippen LogP contribution in [0, 0.1) is 0 Å². The Balaban J connectivity index is 1.53. The van der Waals surface area contributed by atoms with Gasteiger partial charge in [0.25, 0.3) is 0 Å². The molecule has 0 radical (unpaired) electrons. The minimum absolute atomic E-state index is 0.540. The quantitative estimate of drug-likeness (QED) is 0.919. The molecule has 0 saturated carbocycles. The summed E-state index contributed by atoms with van der Waals surface area (Å²) in [5.74, 6) is 0.552. The maximum absolute atomic E-state index is 12.6. The monoisotopic (exact) mass is 351 g/mol. The van der Waals surface area contributed by atoms with Gasteiger partial charge in [0.15, 0.2) is 0 Å². The molecule has 134 valence electrons. The molecule has 0 amide bonds. The molecule has 0 bridgehead atoms. The Kier molecular flexibility index (Phi) is 5.24. The van der Waals surface area contributed by atoms with Crippen LogP contribution in [-0.2, 0) is 6.18 Å². The number of hydrogen-bond acceptors (Lipinski definition) is 4. The van der Waals surface area contributed by atoms with E-state index in [-0.39, 0.29) is 0 Å². The standard InChI is InChI=1S/C18H20F3N3O/c19-18(20,21)15-6-7-17(22-12-15)24-10-8-23(9-11-24)13-16(25)14-4-2-1-3-5-14/h1-7,12,16,25H,8-11,13H2/t16-/m1/s1. The first-order valence-electron chi connectivity index (χ1n) is 8.17. The van der Waals surface area contributed by atoms with E-state index in [1.807, 2.05) is 35.2 Å². The maximum Gasteiger partial charge on any atom is 0.417 e. The van der Waals surface area contributed by atoms with Crippen LogP contribution in [0.25, 0.3) is 0 Å². The summed E-state index contributed by atoms with van der Waals surface area (Å²) in [5, 5.41) is 10.3. The summed E-state index contributed by atoms with van der Waals surface area (Å²) in [6.07, 6.45) is -4.03. The third kappa shape index (κ3) is 4.49. The second kappa shape index (κ2) is 7.41. The van der Waals surface area contributed by atoms with Gasteiger partial charge < -0.3 is 10.0 Å². The van der Waals surface area contributed by atoms with Gasteiger partial charge in [-0.05, 0) is 17.7 Å². The zero-order chi connectivity index (χ0) is 17.9. The number of alkyl halides is 3. The van der Waals surface area contributed by atoms with Crippen LogP contribution in [0.5, 0.6) is 0 Å². The number of benzene rings is 1. The molecular weight excluding hydrogens is 331 g/mol. The molecule has 0 spiro atoms. The molecule has 1 fully saturated rings. The van der Waals surface area contributed by atoms with Gasteiger partial charge in [-0.15, -0.1) is 0 Å². The lowest BCUT2D eigenvalue weighted by molar-refractivity contribution is -0.137. The Morgan fingerprint density at radius 2 is 1.68 bits per heavy atom. The molecule has 0 aliphatic carbocycles. The van der Waals surface area contributed by atoms with Gasteiger partial charge in [-0.25, -0.2) is 4.98 Å². The Labute approximate surface area is 144 Å². The summed E-state index contributed by atoms with van der Waals surface area (Å²) in [5.41, 5.74) is 0.148. The molecule has 2 heterocycles. The molecule has 1 aromatic heterocycles. The van der Waals surface area contributed by atoms with Gasteiger partial charge in [0.05, 0.1) is 11.7 Å². The lowest BCUT2D eigenvalue weighted by atomic mass is 10.1.